The van der Waals surface area contributed by atoms with Gasteiger partial charge in [-0.25, -0.2) is 4.79 Å². The van der Waals surface area contributed by atoms with E-state index in [1.165, 1.54) is 0 Å². The Balaban J connectivity index is 2.05. The SMILES string of the molecule is CCOc1ccc(C(=O)N[C@H](C(=O)Oc2ccc(C)cc2)C(C)C)cc1. The zero-order valence-electron chi connectivity index (χ0n) is 15.6. The molecule has 2 aromatic carbocycles. The molecule has 0 aliphatic rings. The second-order valence-electron chi connectivity index (χ2n) is 6.39. The van der Waals surface area contributed by atoms with Gasteiger partial charge in [-0.05, 0) is 56.2 Å². The minimum absolute atomic E-state index is 0.111. The zero-order valence-corrected chi connectivity index (χ0v) is 15.6. The summed E-state index contributed by atoms with van der Waals surface area (Å²) in [5, 5.41) is 2.76. The Morgan fingerprint density at radius 1 is 0.962 bits per heavy atom. The molecule has 1 atom stereocenters. The van der Waals surface area contributed by atoms with Crippen LogP contribution in [-0.2, 0) is 4.79 Å². The van der Waals surface area contributed by atoms with Crippen molar-refractivity contribution in [3.63, 3.8) is 0 Å². The number of hydrogen-bond donors (Lipinski definition) is 1. The van der Waals surface area contributed by atoms with E-state index in [0.29, 0.717) is 23.7 Å². The van der Waals surface area contributed by atoms with E-state index >= 15 is 0 Å². The number of ether oxygens (including phenoxy) is 2. The number of esters is 1. The minimum Gasteiger partial charge on any atom is -0.494 e. The number of carbonyl (C=O) groups excluding carboxylic acids is 2. The van der Waals surface area contributed by atoms with Gasteiger partial charge >= 0.3 is 5.97 Å². The van der Waals surface area contributed by atoms with Crippen LogP contribution in [0.5, 0.6) is 11.5 Å². The summed E-state index contributed by atoms with van der Waals surface area (Å²) in [5.41, 5.74) is 1.54. The van der Waals surface area contributed by atoms with Crippen molar-refractivity contribution >= 4 is 11.9 Å². The van der Waals surface area contributed by atoms with Gasteiger partial charge in [0.15, 0.2) is 0 Å². The summed E-state index contributed by atoms with van der Waals surface area (Å²) in [5.74, 6) is 0.236. The molecule has 0 saturated carbocycles. The number of amides is 1. The Kier molecular flexibility index (Phi) is 6.78. The normalized spacial score (nSPS) is 11.7. The lowest BCUT2D eigenvalue weighted by atomic mass is 10.0. The molecule has 26 heavy (non-hydrogen) atoms. The second kappa shape index (κ2) is 9.04. The van der Waals surface area contributed by atoms with Crippen LogP contribution in [0.25, 0.3) is 0 Å². The summed E-state index contributed by atoms with van der Waals surface area (Å²) >= 11 is 0. The largest absolute Gasteiger partial charge is 0.494 e. The van der Waals surface area contributed by atoms with Crippen LogP contribution in [0.2, 0.25) is 0 Å². The van der Waals surface area contributed by atoms with E-state index < -0.39 is 12.0 Å². The molecule has 138 valence electrons. The molecule has 1 amide bonds. The standard InChI is InChI=1S/C21H25NO4/c1-5-25-17-12-8-16(9-13-17)20(23)22-19(14(2)3)21(24)26-18-10-6-15(4)7-11-18/h6-14,19H,5H2,1-4H3,(H,22,23)/t19-/m0/s1. The van der Waals surface area contributed by atoms with Crippen molar-refractivity contribution in [2.75, 3.05) is 6.61 Å². The lowest BCUT2D eigenvalue weighted by Gasteiger charge is -2.21. The first-order chi connectivity index (χ1) is 12.4. The fourth-order valence-electron chi connectivity index (χ4n) is 2.38. The average Bonchev–Trinajstić information content (AvgIpc) is 2.62. The van der Waals surface area contributed by atoms with Crippen LogP contribution >= 0.6 is 0 Å². The van der Waals surface area contributed by atoms with Gasteiger partial charge in [0.2, 0.25) is 0 Å². The Morgan fingerprint density at radius 2 is 1.54 bits per heavy atom. The van der Waals surface area contributed by atoms with Gasteiger partial charge in [0.25, 0.3) is 5.91 Å². The van der Waals surface area contributed by atoms with Crippen molar-refractivity contribution < 1.29 is 19.1 Å². The highest BCUT2D eigenvalue weighted by Gasteiger charge is 2.26. The predicted octanol–water partition coefficient (Wildman–Crippen LogP) is 3.75. The van der Waals surface area contributed by atoms with Crippen LogP contribution in [-0.4, -0.2) is 24.5 Å². The van der Waals surface area contributed by atoms with Crippen molar-refractivity contribution in [2.24, 2.45) is 5.92 Å². The van der Waals surface area contributed by atoms with Crippen LogP contribution in [0.4, 0.5) is 0 Å². The number of hydrogen-bond acceptors (Lipinski definition) is 4. The highest BCUT2D eigenvalue weighted by Crippen LogP contribution is 2.15. The Bertz CT molecular complexity index is 736. The lowest BCUT2D eigenvalue weighted by molar-refractivity contribution is -0.137. The summed E-state index contributed by atoms with van der Waals surface area (Å²) in [7, 11) is 0. The predicted molar refractivity (Wildman–Crippen MR) is 101 cm³/mol. The highest BCUT2D eigenvalue weighted by molar-refractivity contribution is 5.97. The monoisotopic (exact) mass is 355 g/mol. The average molecular weight is 355 g/mol. The summed E-state index contributed by atoms with van der Waals surface area (Å²) < 4.78 is 10.8. The molecule has 0 radical (unpaired) electrons. The third-order valence-corrected chi connectivity index (χ3v) is 3.87. The molecule has 5 heteroatoms. The molecule has 0 fully saturated rings. The molecule has 0 aliphatic heterocycles. The number of nitrogens with one attached hydrogen (secondary N) is 1. The van der Waals surface area contributed by atoms with Crippen LogP contribution in [0.1, 0.15) is 36.7 Å². The summed E-state index contributed by atoms with van der Waals surface area (Å²) in [4.78, 5) is 25.0. The van der Waals surface area contributed by atoms with Gasteiger partial charge in [-0.15, -0.1) is 0 Å². The molecule has 2 aromatic rings. The number of rotatable bonds is 7. The van der Waals surface area contributed by atoms with Gasteiger partial charge in [-0.1, -0.05) is 31.5 Å². The quantitative estimate of drug-likeness (QED) is 0.607. The number of benzene rings is 2. The van der Waals surface area contributed by atoms with Gasteiger partial charge in [-0.3, -0.25) is 4.79 Å². The van der Waals surface area contributed by atoms with Crippen LogP contribution in [0.3, 0.4) is 0 Å². The van der Waals surface area contributed by atoms with E-state index in [0.717, 1.165) is 5.56 Å². The van der Waals surface area contributed by atoms with Gasteiger partial charge in [0.05, 0.1) is 6.61 Å². The maximum Gasteiger partial charge on any atom is 0.334 e. The van der Waals surface area contributed by atoms with E-state index in [1.54, 1.807) is 36.4 Å². The van der Waals surface area contributed by atoms with Gasteiger partial charge < -0.3 is 14.8 Å². The maximum atomic E-state index is 12.5. The van der Waals surface area contributed by atoms with E-state index in [-0.39, 0.29) is 11.8 Å². The molecule has 2 rings (SSSR count). The fourth-order valence-corrected chi connectivity index (χ4v) is 2.38. The lowest BCUT2D eigenvalue weighted by Crippen LogP contribution is -2.46. The van der Waals surface area contributed by atoms with Crippen LogP contribution < -0.4 is 14.8 Å². The van der Waals surface area contributed by atoms with E-state index in [9.17, 15) is 9.59 Å². The van der Waals surface area contributed by atoms with Crippen molar-refractivity contribution in [3.8, 4) is 11.5 Å². The zero-order chi connectivity index (χ0) is 19.1. The molecule has 5 nitrogen and oxygen atoms in total. The first kappa shape index (κ1) is 19.5. The van der Waals surface area contributed by atoms with Gasteiger partial charge in [0.1, 0.15) is 17.5 Å². The topological polar surface area (TPSA) is 64.6 Å². The van der Waals surface area contributed by atoms with Crippen LogP contribution in [0, 0.1) is 12.8 Å². The molecular weight excluding hydrogens is 330 g/mol. The summed E-state index contributed by atoms with van der Waals surface area (Å²) in [6.07, 6.45) is 0. The molecule has 1 N–H and O–H groups in total. The summed E-state index contributed by atoms with van der Waals surface area (Å²) in [6.45, 7) is 8.14. The van der Waals surface area contributed by atoms with Crippen molar-refractivity contribution in [3.05, 3.63) is 59.7 Å². The number of aryl methyl sites for hydroxylation is 1. The van der Waals surface area contributed by atoms with Crippen molar-refractivity contribution in [1.82, 2.24) is 5.32 Å². The van der Waals surface area contributed by atoms with E-state index in [2.05, 4.69) is 5.32 Å². The Hall–Kier alpha value is -2.82. The molecule has 0 spiro atoms. The van der Waals surface area contributed by atoms with Crippen molar-refractivity contribution in [2.45, 2.75) is 33.7 Å². The molecule has 0 aromatic heterocycles. The molecule has 0 bridgehead atoms. The third kappa shape index (κ3) is 5.34. The van der Waals surface area contributed by atoms with E-state index in [1.807, 2.05) is 39.8 Å². The molecular formula is C21H25NO4. The highest BCUT2D eigenvalue weighted by atomic mass is 16.5. The minimum atomic E-state index is -0.740. The smallest absolute Gasteiger partial charge is 0.334 e. The maximum absolute atomic E-state index is 12.5. The summed E-state index contributed by atoms with van der Waals surface area (Å²) in [6, 6.07) is 13.3. The second-order valence-corrected chi connectivity index (χ2v) is 6.39. The van der Waals surface area contributed by atoms with E-state index in [4.69, 9.17) is 9.47 Å². The number of carbonyl (C=O) groups is 2. The Morgan fingerprint density at radius 3 is 2.08 bits per heavy atom. The first-order valence-electron chi connectivity index (χ1n) is 8.72. The molecule has 0 heterocycles. The van der Waals surface area contributed by atoms with Crippen LogP contribution in [0.15, 0.2) is 48.5 Å². The first-order valence-corrected chi connectivity index (χ1v) is 8.72. The van der Waals surface area contributed by atoms with Crippen molar-refractivity contribution in [1.29, 1.82) is 0 Å². The van der Waals surface area contributed by atoms with Gasteiger partial charge in [-0.2, -0.15) is 0 Å². The third-order valence-electron chi connectivity index (χ3n) is 3.87. The fraction of sp³-hybridized carbons (Fsp3) is 0.333. The molecule has 0 saturated heterocycles. The van der Waals surface area contributed by atoms with Gasteiger partial charge in [0, 0.05) is 5.56 Å². The Labute approximate surface area is 154 Å². The molecule has 0 aliphatic carbocycles. The molecule has 0 unspecified atom stereocenters.